The molecule has 0 spiro atoms. The molecule has 1 aromatic heterocycles. The largest absolute Gasteiger partial charge is 0.499 e. The van der Waals surface area contributed by atoms with E-state index < -0.39 is 0 Å². The Kier molecular flexibility index (Phi) is 6.60. The fraction of sp³-hybridized carbons (Fsp3) is 0.412. The second-order valence-corrected chi connectivity index (χ2v) is 6.09. The highest BCUT2D eigenvalue weighted by Gasteiger charge is 2.24. The molecule has 6 N–H and O–H groups in total. The van der Waals surface area contributed by atoms with Gasteiger partial charge >= 0.3 is 0 Å². The van der Waals surface area contributed by atoms with E-state index in [4.69, 9.17) is 20.6 Å². The molecule has 27 heavy (non-hydrogen) atoms. The van der Waals surface area contributed by atoms with Crippen molar-refractivity contribution in [1.29, 1.82) is 5.41 Å². The quantitative estimate of drug-likeness (QED) is 0.251. The summed E-state index contributed by atoms with van der Waals surface area (Å²) in [6, 6.07) is 5.64. The average molecular weight is 374 g/mol. The summed E-state index contributed by atoms with van der Waals surface area (Å²) in [5, 5.41) is 9.00. The number of rotatable bonds is 7. The highest BCUT2D eigenvalue weighted by atomic mass is 16.5. The number of aromatic nitrogens is 1. The Labute approximate surface area is 158 Å². The van der Waals surface area contributed by atoms with Crippen LogP contribution in [0.3, 0.4) is 0 Å². The topological polar surface area (TPSA) is 124 Å². The zero-order chi connectivity index (χ0) is 19.1. The molecule has 1 atom stereocenters. The van der Waals surface area contributed by atoms with Crippen LogP contribution < -0.4 is 27.2 Å². The lowest BCUT2D eigenvalue weighted by atomic mass is 10.0. The molecule has 10 nitrogen and oxygen atoms in total. The van der Waals surface area contributed by atoms with Gasteiger partial charge in [-0.1, -0.05) is 12.1 Å². The molecule has 3 rings (SSSR count). The first-order valence-electron chi connectivity index (χ1n) is 8.78. The van der Waals surface area contributed by atoms with E-state index in [0.29, 0.717) is 11.9 Å². The van der Waals surface area contributed by atoms with Gasteiger partial charge in [0.2, 0.25) is 5.96 Å². The monoisotopic (exact) mass is 374 g/mol. The van der Waals surface area contributed by atoms with E-state index in [2.05, 4.69) is 32.5 Å². The van der Waals surface area contributed by atoms with Crippen LogP contribution in [0.1, 0.15) is 6.42 Å². The Bertz CT molecular complexity index is 687. The highest BCUT2D eigenvalue weighted by molar-refractivity contribution is 5.90. The van der Waals surface area contributed by atoms with Crippen molar-refractivity contribution in [2.45, 2.75) is 12.5 Å². The van der Waals surface area contributed by atoms with Gasteiger partial charge in [0.05, 0.1) is 26.0 Å². The van der Waals surface area contributed by atoms with Crippen LogP contribution in [0.2, 0.25) is 0 Å². The molecule has 1 unspecified atom stereocenters. The normalized spacial score (nSPS) is 20.4. The van der Waals surface area contributed by atoms with Crippen molar-refractivity contribution in [2.75, 3.05) is 38.4 Å². The predicted octanol–water partition coefficient (Wildman–Crippen LogP) is -0.186. The number of nitrogens with two attached hydrogens (primary N) is 1. The van der Waals surface area contributed by atoms with Gasteiger partial charge in [0, 0.05) is 31.7 Å². The van der Waals surface area contributed by atoms with E-state index in [-0.39, 0.29) is 5.96 Å². The van der Waals surface area contributed by atoms with Gasteiger partial charge in [-0.25, -0.2) is 9.99 Å². The van der Waals surface area contributed by atoms with E-state index in [1.807, 2.05) is 12.1 Å². The summed E-state index contributed by atoms with van der Waals surface area (Å²) >= 11 is 0. The molecule has 2 aliphatic rings. The van der Waals surface area contributed by atoms with Crippen molar-refractivity contribution in [3.05, 3.63) is 48.0 Å². The Balaban J connectivity index is 1.57. The Morgan fingerprint density at radius 2 is 2.22 bits per heavy atom. The van der Waals surface area contributed by atoms with Crippen molar-refractivity contribution in [3.63, 3.8) is 0 Å². The number of nitrogens with one attached hydrogen (secondary N) is 4. The van der Waals surface area contributed by atoms with Crippen molar-refractivity contribution in [2.24, 2.45) is 5.73 Å². The van der Waals surface area contributed by atoms with E-state index in [1.165, 1.54) is 5.01 Å². The summed E-state index contributed by atoms with van der Waals surface area (Å²) in [4.78, 5) is 6.56. The lowest BCUT2D eigenvalue weighted by Crippen LogP contribution is -2.57. The number of ether oxygens (including phenoxy) is 2. The van der Waals surface area contributed by atoms with Crippen LogP contribution in [0.5, 0.6) is 0 Å². The standard InChI is InChI=1S/C17H26N8O2/c1-26-15-12-13(24-8-10-27-11-9-24)5-6-14(15)21-22-23-25(17(18)19)16-4-2-3-7-20-16/h2-7,13,21-23H,8-12H2,1H3,(H3,18,19). The molecule has 146 valence electrons. The lowest BCUT2D eigenvalue weighted by Gasteiger charge is -2.35. The maximum Gasteiger partial charge on any atom is 0.210 e. The summed E-state index contributed by atoms with van der Waals surface area (Å²) in [6.07, 6.45) is 6.53. The first kappa shape index (κ1) is 19.1. The first-order valence-corrected chi connectivity index (χ1v) is 8.78. The third-order valence-corrected chi connectivity index (χ3v) is 4.43. The van der Waals surface area contributed by atoms with Gasteiger partial charge in [-0.2, -0.15) is 5.53 Å². The van der Waals surface area contributed by atoms with Gasteiger partial charge in [-0.05, 0) is 18.2 Å². The third-order valence-electron chi connectivity index (χ3n) is 4.43. The van der Waals surface area contributed by atoms with Gasteiger partial charge < -0.3 is 20.6 Å². The molecule has 1 aromatic rings. The van der Waals surface area contributed by atoms with Gasteiger partial charge in [0.15, 0.2) is 5.82 Å². The van der Waals surface area contributed by atoms with Crippen LogP contribution in [-0.2, 0) is 9.47 Å². The van der Waals surface area contributed by atoms with Crippen molar-refractivity contribution < 1.29 is 9.47 Å². The molecule has 0 bridgehead atoms. The fourth-order valence-electron chi connectivity index (χ4n) is 3.01. The lowest BCUT2D eigenvalue weighted by molar-refractivity contribution is 0.0228. The molecule has 10 heteroatoms. The Hall–Kier alpha value is -2.66. The van der Waals surface area contributed by atoms with E-state index in [0.717, 1.165) is 44.2 Å². The van der Waals surface area contributed by atoms with Crippen LogP contribution in [0, 0.1) is 5.41 Å². The van der Waals surface area contributed by atoms with Gasteiger partial charge in [-0.3, -0.25) is 10.3 Å². The van der Waals surface area contributed by atoms with Crippen LogP contribution in [0.25, 0.3) is 0 Å². The van der Waals surface area contributed by atoms with Gasteiger partial charge in [0.1, 0.15) is 5.76 Å². The molecule has 1 aliphatic carbocycles. The summed E-state index contributed by atoms with van der Waals surface area (Å²) in [5.41, 5.74) is 15.1. The van der Waals surface area contributed by atoms with Crippen molar-refractivity contribution in [1.82, 2.24) is 26.4 Å². The minimum atomic E-state index is -0.199. The van der Waals surface area contributed by atoms with Crippen LogP contribution in [0.15, 0.2) is 48.0 Å². The summed E-state index contributed by atoms with van der Waals surface area (Å²) < 4.78 is 11.0. The minimum absolute atomic E-state index is 0.199. The number of hydrogen-bond acceptors (Lipinski definition) is 8. The SMILES string of the molecule is COC1=C(NNNN(C(=N)N)c2ccccn2)C=CC(N2CCOCC2)C1. The molecule has 1 aliphatic heterocycles. The molecule has 0 saturated carbocycles. The molecule has 0 radical (unpaired) electrons. The zero-order valence-corrected chi connectivity index (χ0v) is 15.3. The molecule has 2 heterocycles. The molecule has 1 fully saturated rings. The number of methoxy groups -OCH3 is 1. The minimum Gasteiger partial charge on any atom is -0.499 e. The molecule has 0 aromatic carbocycles. The highest BCUT2D eigenvalue weighted by Crippen LogP contribution is 2.22. The number of hydrogen-bond donors (Lipinski definition) is 5. The van der Waals surface area contributed by atoms with Crippen LogP contribution in [-0.4, -0.2) is 55.3 Å². The van der Waals surface area contributed by atoms with Gasteiger partial charge in [0.25, 0.3) is 0 Å². The number of guanidine groups is 1. The molecular weight excluding hydrogens is 348 g/mol. The zero-order valence-electron chi connectivity index (χ0n) is 15.3. The number of anilines is 1. The summed E-state index contributed by atoms with van der Waals surface area (Å²) in [5.74, 6) is 1.14. The van der Waals surface area contributed by atoms with E-state index >= 15 is 0 Å². The number of pyridine rings is 1. The summed E-state index contributed by atoms with van der Waals surface area (Å²) in [7, 11) is 1.66. The van der Waals surface area contributed by atoms with Crippen molar-refractivity contribution in [3.8, 4) is 0 Å². The van der Waals surface area contributed by atoms with Crippen LogP contribution >= 0.6 is 0 Å². The maximum absolute atomic E-state index is 7.69. The molecule has 1 saturated heterocycles. The first-order chi connectivity index (χ1) is 13.2. The Morgan fingerprint density at radius 3 is 2.89 bits per heavy atom. The smallest absolute Gasteiger partial charge is 0.210 e. The fourth-order valence-corrected chi connectivity index (χ4v) is 3.01. The number of allylic oxidation sites excluding steroid dienone is 1. The third kappa shape index (κ3) is 4.95. The molecule has 0 amide bonds. The maximum atomic E-state index is 7.69. The number of nitrogens with zero attached hydrogens (tertiary/aromatic N) is 3. The van der Waals surface area contributed by atoms with E-state index in [1.54, 1.807) is 25.4 Å². The van der Waals surface area contributed by atoms with Crippen molar-refractivity contribution >= 4 is 11.8 Å². The number of hydrazine groups is 3. The second kappa shape index (κ2) is 9.33. The predicted molar refractivity (Wildman–Crippen MR) is 102 cm³/mol. The van der Waals surface area contributed by atoms with Crippen LogP contribution in [0.4, 0.5) is 5.82 Å². The molecular formula is C17H26N8O2. The Morgan fingerprint density at radius 1 is 1.41 bits per heavy atom. The number of morpholine rings is 1. The van der Waals surface area contributed by atoms with E-state index in [9.17, 15) is 0 Å². The second-order valence-electron chi connectivity index (χ2n) is 6.09. The summed E-state index contributed by atoms with van der Waals surface area (Å²) in [6.45, 7) is 3.38. The average Bonchev–Trinajstić information content (AvgIpc) is 2.72. The van der Waals surface area contributed by atoms with Gasteiger partial charge in [-0.15, -0.1) is 5.53 Å².